The molecule has 2 fully saturated rings. The molecule has 1 aliphatic heterocycles. The largest absolute Gasteiger partial charge is 0.461 e. The highest BCUT2D eigenvalue weighted by Crippen LogP contribution is 2.37. The number of hydrogen-bond donors (Lipinski definition) is 0. The highest BCUT2D eigenvalue weighted by atomic mass is 32.2. The van der Waals surface area contributed by atoms with Gasteiger partial charge in [0.1, 0.15) is 0 Å². The van der Waals surface area contributed by atoms with Gasteiger partial charge in [0.05, 0.1) is 11.5 Å². The van der Waals surface area contributed by atoms with Crippen molar-refractivity contribution in [3.05, 3.63) is 18.4 Å². The minimum absolute atomic E-state index is 0.158. The topological polar surface area (TPSA) is 64.2 Å². The Labute approximate surface area is 171 Å². The van der Waals surface area contributed by atoms with Gasteiger partial charge in [0.15, 0.2) is 10.9 Å². The summed E-state index contributed by atoms with van der Waals surface area (Å²) in [5.41, 5.74) is 0. The lowest BCUT2D eigenvalue weighted by atomic mass is 9.95. The van der Waals surface area contributed by atoms with E-state index in [0.717, 1.165) is 55.5 Å². The first-order valence-corrected chi connectivity index (χ1v) is 11.6. The molecule has 7 heteroatoms. The van der Waals surface area contributed by atoms with Crippen LogP contribution in [0.25, 0.3) is 11.6 Å². The minimum atomic E-state index is -0.158. The van der Waals surface area contributed by atoms with Crippen LogP contribution >= 0.6 is 11.8 Å². The van der Waals surface area contributed by atoms with Crippen molar-refractivity contribution in [2.45, 2.75) is 81.2 Å². The van der Waals surface area contributed by atoms with Gasteiger partial charge in [-0.25, -0.2) is 0 Å². The summed E-state index contributed by atoms with van der Waals surface area (Å²) in [6.45, 7) is 3.78. The molecule has 0 spiro atoms. The van der Waals surface area contributed by atoms with E-state index in [4.69, 9.17) is 4.42 Å². The quantitative estimate of drug-likeness (QED) is 0.664. The second kappa shape index (κ2) is 9.16. The SMILES string of the molecule is CC(Sc1nnc(-c2ccco2)n1C1CCCCC1)C(=O)N1CCCCCC1. The number of carbonyl (C=O) groups excluding carboxylic acids is 1. The number of aromatic nitrogens is 3. The van der Waals surface area contributed by atoms with Crippen LogP contribution in [0.3, 0.4) is 0 Å². The third kappa shape index (κ3) is 4.29. The van der Waals surface area contributed by atoms with Crippen molar-refractivity contribution in [1.82, 2.24) is 19.7 Å². The Morgan fingerprint density at radius 3 is 2.50 bits per heavy atom. The van der Waals surface area contributed by atoms with E-state index in [1.165, 1.54) is 32.1 Å². The molecule has 1 aliphatic carbocycles. The summed E-state index contributed by atoms with van der Waals surface area (Å²) in [7, 11) is 0. The van der Waals surface area contributed by atoms with Crippen molar-refractivity contribution in [3.63, 3.8) is 0 Å². The fourth-order valence-corrected chi connectivity index (χ4v) is 5.36. The lowest BCUT2D eigenvalue weighted by molar-refractivity contribution is -0.130. The van der Waals surface area contributed by atoms with Gasteiger partial charge in [0.25, 0.3) is 0 Å². The maximum absolute atomic E-state index is 13.0. The Kier molecular flexibility index (Phi) is 6.40. The van der Waals surface area contributed by atoms with E-state index in [-0.39, 0.29) is 11.2 Å². The van der Waals surface area contributed by atoms with E-state index in [2.05, 4.69) is 14.8 Å². The van der Waals surface area contributed by atoms with Crippen molar-refractivity contribution in [3.8, 4) is 11.6 Å². The Hall–Kier alpha value is -1.76. The Bertz CT molecular complexity index is 759. The molecule has 2 aliphatic rings. The molecular weight excluding hydrogens is 372 g/mol. The van der Waals surface area contributed by atoms with Gasteiger partial charge >= 0.3 is 0 Å². The average molecular weight is 403 g/mol. The third-order valence-electron chi connectivity index (χ3n) is 5.89. The lowest BCUT2D eigenvalue weighted by Gasteiger charge is -2.27. The van der Waals surface area contributed by atoms with E-state index in [1.54, 1.807) is 18.0 Å². The molecule has 6 nitrogen and oxygen atoms in total. The molecule has 1 saturated heterocycles. The van der Waals surface area contributed by atoms with Crippen LogP contribution in [0.1, 0.15) is 70.8 Å². The highest BCUT2D eigenvalue weighted by molar-refractivity contribution is 8.00. The van der Waals surface area contributed by atoms with Gasteiger partial charge in [-0.05, 0) is 44.7 Å². The monoisotopic (exact) mass is 402 g/mol. The van der Waals surface area contributed by atoms with Gasteiger partial charge < -0.3 is 9.32 Å². The van der Waals surface area contributed by atoms with Crippen molar-refractivity contribution in [2.24, 2.45) is 0 Å². The van der Waals surface area contributed by atoms with Gasteiger partial charge in [-0.3, -0.25) is 9.36 Å². The predicted molar refractivity (Wildman–Crippen MR) is 110 cm³/mol. The van der Waals surface area contributed by atoms with Gasteiger partial charge in [-0.1, -0.05) is 43.9 Å². The smallest absolute Gasteiger partial charge is 0.235 e. The molecule has 4 rings (SSSR count). The molecule has 0 aromatic carbocycles. The normalized spacial score (nSPS) is 20.1. The van der Waals surface area contributed by atoms with Crippen molar-refractivity contribution in [2.75, 3.05) is 13.1 Å². The summed E-state index contributed by atoms with van der Waals surface area (Å²) < 4.78 is 7.85. The summed E-state index contributed by atoms with van der Waals surface area (Å²) in [6.07, 6.45) is 12.4. The van der Waals surface area contributed by atoms with Crippen LogP contribution in [0.2, 0.25) is 0 Å². The lowest BCUT2D eigenvalue weighted by Crippen LogP contribution is -2.37. The predicted octanol–water partition coefficient (Wildman–Crippen LogP) is 4.93. The van der Waals surface area contributed by atoms with E-state index >= 15 is 0 Å². The van der Waals surface area contributed by atoms with Crippen LogP contribution in [-0.2, 0) is 4.79 Å². The Morgan fingerprint density at radius 2 is 1.82 bits per heavy atom. The number of carbonyl (C=O) groups is 1. The summed E-state index contributed by atoms with van der Waals surface area (Å²) in [4.78, 5) is 15.0. The average Bonchev–Trinajstić information content (AvgIpc) is 3.31. The maximum atomic E-state index is 13.0. The van der Waals surface area contributed by atoms with Gasteiger partial charge in [-0.15, -0.1) is 10.2 Å². The van der Waals surface area contributed by atoms with Gasteiger partial charge in [0.2, 0.25) is 11.7 Å². The Morgan fingerprint density at radius 1 is 1.11 bits per heavy atom. The van der Waals surface area contributed by atoms with E-state index in [1.807, 2.05) is 24.0 Å². The molecule has 2 aromatic heterocycles. The Balaban J connectivity index is 1.55. The first-order chi connectivity index (χ1) is 13.7. The van der Waals surface area contributed by atoms with Crippen LogP contribution in [0, 0.1) is 0 Å². The summed E-state index contributed by atoms with van der Waals surface area (Å²) in [5, 5.41) is 9.61. The molecule has 0 N–H and O–H groups in total. The second-order valence-electron chi connectivity index (χ2n) is 7.94. The highest BCUT2D eigenvalue weighted by Gasteiger charge is 2.29. The maximum Gasteiger partial charge on any atom is 0.235 e. The van der Waals surface area contributed by atoms with Gasteiger partial charge in [0, 0.05) is 19.1 Å². The molecule has 3 heterocycles. The number of amides is 1. The first kappa shape index (κ1) is 19.6. The summed E-state index contributed by atoms with van der Waals surface area (Å²) in [6, 6.07) is 4.20. The second-order valence-corrected chi connectivity index (χ2v) is 9.25. The van der Waals surface area contributed by atoms with E-state index < -0.39 is 0 Å². The molecule has 0 bridgehead atoms. The molecule has 1 atom stereocenters. The number of furan rings is 1. The summed E-state index contributed by atoms with van der Waals surface area (Å²) in [5.74, 6) is 1.76. The zero-order chi connectivity index (χ0) is 19.3. The number of rotatable bonds is 5. The minimum Gasteiger partial charge on any atom is -0.461 e. The van der Waals surface area contributed by atoms with E-state index in [0.29, 0.717) is 6.04 Å². The van der Waals surface area contributed by atoms with Crippen LogP contribution < -0.4 is 0 Å². The standard InChI is InChI=1S/C21H30N4O2S/c1-16(20(26)24-13-7-2-3-8-14-24)28-21-23-22-19(18-12-9-15-27-18)25(21)17-10-5-4-6-11-17/h9,12,15-17H,2-8,10-11,13-14H2,1H3. The molecule has 1 unspecified atom stereocenters. The van der Waals surface area contributed by atoms with Crippen molar-refractivity contribution in [1.29, 1.82) is 0 Å². The van der Waals surface area contributed by atoms with Crippen LogP contribution in [0.15, 0.2) is 28.0 Å². The van der Waals surface area contributed by atoms with E-state index in [9.17, 15) is 4.79 Å². The molecule has 0 radical (unpaired) electrons. The zero-order valence-electron chi connectivity index (χ0n) is 16.7. The third-order valence-corrected chi connectivity index (χ3v) is 6.94. The van der Waals surface area contributed by atoms with Gasteiger partial charge in [-0.2, -0.15) is 0 Å². The fourth-order valence-electron chi connectivity index (χ4n) is 4.36. The number of nitrogens with zero attached hydrogens (tertiary/aromatic N) is 4. The van der Waals surface area contributed by atoms with Crippen LogP contribution in [0.5, 0.6) is 0 Å². The zero-order valence-corrected chi connectivity index (χ0v) is 17.5. The molecule has 28 heavy (non-hydrogen) atoms. The summed E-state index contributed by atoms with van der Waals surface area (Å²) >= 11 is 1.55. The molecule has 152 valence electrons. The fraction of sp³-hybridized carbons (Fsp3) is 0.667. The number of likely N-dealkylation sites (tertiary alicyclic amines) is 1. The van der Waals surface area contributed by atoms with Crippen molar-refractivity contribution >= 4 is 17.7 Å². The van der Waals surface area contributed by atoms with Crippen LogP contribution in [0.4, 0.5) is 0 Å². The van der Waals surface area contributed by atoms with Crippen LogP contribution in [-0.4, -0.2) is 43.9 Å². The number of hydrogen-bond acceptors (Lipinski definition) is 5. The first-order valence-electron chi connectivity index (χ1n) is 10.7. The van der Waals surface area contributed by atoms with Crippen molar-refractivity contribution < 1.29 is 9.21 Å². The number of thioether (sulfide) groups is 1. The molecule has 1 saturated carbocycles. The molecule has 2 aromatic rings. The molecule has 1 amide bonds. The molecular formula is C21H30N4O2S.